The van der Waals surface area contributed by atoms with Gasteiger partial charge in [-0.25, -0.2) is 0 Å². The van der Waals surface area contributed by atoms with Gasteiger partial charge >= 0.3 is 0 Å². The Bertz CT molecular complexity index is 408. The summed E-state index contributed by atoms with van der Waals surface area (Å²) in [6.45, 7) is 6.81. The Labute approximate surface area is 118 Å². The van der Waals surface area contributed by atoms with Gasteiger partial charge in [0.05, 0.1) is 0 Å². The summed E-state index contributed by atoms with van der Waals surface area (Å²) in [5.74, 6) is 1.50. The molecule has 100 valence electrons. The maximum absolute atomic E-state index is 12.4. The summed E-state index contributed by atoms with van der Waals surface area (Å²) in [6, 6.07) is 0. The molecule has 4 nitrogen and oxygen atoms in total. The summed E-state index contributed by atoms with van der Waals surface area (Å²) in [4.78, 5) is 19.2. The second-order valence-corrected chi connectivity index (χ2v) is 6.82. The van der Waals surface area contributed by atoms with Crippen LogP contribution in [0.15, 0.2) is 10.7 Å². The molecular formula is C12H19N3OS2. The van der Waals surface area contributed by atoms with Crippen LogP contribution in [0.2, 0.25) is 0 Å². The number of carbonyl (C=O) groups excluding carboxylic acids is 1. The highest BCUT2D eigenvalue weighted by Gasteiger charge is 2.37. The number of thiocarbonyl (C=S) groups is 1. The van der Waals surface area contributed by atoms with Gasteiger partial charge in [0.1, 0.15) is 15.0 Å². The van der Waals surface area contributed by atoms with Crippen LogP contribution in [0, 0.1) is 5.92 Å². The van der Waals surface area contributed by atoms with Crippen LogP contribution in [0.25, 0.3) is 0 Å². The lowest BCUT2D eigenvalue weighted by Crippen LogP contribution is -2.32. The topological polar surface area (TPSA) is 26.8 Å². The Morgan fingerprint density at radius 3 is 2.33 bits per heavy atom. The second-order valence-electron chi connectivity index (χ2n) is 5.17. The predicted octanol–water partition coefficient (Wildman–Crippen LogP) is 1.55. The van der Waals surface area contributed by atoms with E-state index >= 15 is 0 Å². The van der Waals surface area contributed by atoms with Crippen molar-refractivity contribution in [2.75, 3.05) is 33.7 Å². The van der Waals surface area contributed by atoms with Crippen LogP contribution < -0.4 is 0 Å². The summed E-state index contributed by atoms with van der Waals surface area (Å²) in [5.41, 5.74) is 0. The third kappa shape index (κ3) is 2.36. The number of amides is 1. The van der Waals surface area contributed by atoms with E-state index in [1.54, 1.807) is 4.90 Å². The smallest absolute Gasteiger partial charge is 0.269 e. The van der Waals surface area contributed by atoms with Gasteiger partial charge in [-0.2, -0.15) is 0 Å². The molecule has 0 aliphatic carbocycles. The van der Waals surface area contributed by atoms with Crippen molar-refractivity contribution in [1.29, 1.82) is 0 Å². The molecule has 0 radical (unpaired) electrons. The molecule has 2 aliphatic heterocycles. The Hall–Kier alpha value is -0.750. The Kier molecular flexibility index (Phi) is 3.87. The first-order chi connectivity index (χ1) is 8.41. The van der Waals surface area contributed by atoms with Crippen molar-refractivity contribution in [3.63, 3.8) is 0 Å². The first-order valence-corrected chi connectivity index (χ1v) is 7.34. The van der Waals surface area contributed by atoms with Gasteiger partial charge < -0.3 is 9.80 Å². The summed E-state index contributed by atoms with van der Waals surface area (Å²) in [6.07, 6.45) is 0. The largest absolute Gasteiger partial charge is 0.358 e. The summed E-state index contributed by atoms with van der Waals surface area (Å²) in [5, 5.41) is 0. The van der Waals surface area contributed by atoms with Gasteiger partial charge in [0.15, 0.2) is 0 Å². The Morgan fingerprint density at radius 1 is 1.28 bits per heavy atom. The lowest BCUT2D eigenvalue weighted by molar-refractivity contribution is -0.122. The highest BCUT2D eigenvalue weighted by Crippen LogP contribution is 2.36. The molecule has 0 N–H and O–H groups in total. The Balaban J connectivity index is 2.30. The number of carbonyl (C=O) groups is 1. The fourth-order valence-corrected chi connectivity index (χ4v) is 3.66. The van der Waals surface area contributed by atoms with Crippen LogP contribution in [0.5, 0.6) is 0 Å². The molecule has 2 fully saturated rings. The Morgan fingerprint density at radius 2 is 1.83 bits per heavy atom. The van der Waals surface area contributed by atoms with Crippen LogP contribution in [0.4, 0.5) is 0 Å². The summed E-state index contributed by atoms with van der Waals surface area (Å²) >= 11 is 6.76. The van der Waals surface area contributed by atoms with Crippen LogP contribution in [0.3, 0.4) is 0 Å². The molecule has 0 atom stereocenters. The standard InChI is InChI=1S/C12H19N3OS2/c1-8(2)7-15-11(16)9(18-12(15)17)10-13(3)5-6-14(10)4/h8H,5-7H2,1-4H3. The molecular weight excluding hydrogens is 266 g/mol. The maximum Gasteiger partial charge on any atom is 0.269 e. The third-order valence-corrected chi connectivity index (χ3v) is 4.52. The zero-order chi connectivity index (χ0) is 13.4. The van der Waals surface area contributed by atoms with Crippen molar-refractivity contribution < 1.29 is 4.79 Å². The molecule has 6 heteroatoms. The van der Waals surface area contributed by atoms with Gasteiger partial charge in [0.25, 0.3) is 5.91 Å². The third-order valence-electron chi connectivity index (χ3n) is 3.09. The van der Waals surface area contributed by atoms with Crippen molar-refractivity contribution in [1.82, 2.24) is 14.7 Å². The van der Waals surface area contributed by atoms with Crippen molar-refractivity contribution in [3.8, 4) is 0 Å². The fraction of sp³-hybridized carbons (Fsp3) is 0.667. The molecule has 2 heterocycles. The van der Waals surface area contributed by atoms with Gasteiger partial charge in [0.2, 0.25) is 0 Å². The molecule has 0 aromatic rings. The number of hydrogen-bond donors (Lipinski definition) is 0. The molecule has 0 aromatic carbocycles. The van der Waals surface area contributed by atoms with Crippen molar-refractivity contribution in [2.24, 2.45) is 5.92 Å². The molecule has 0 aromatic heterocycles. The van der Waals surface area contributed by atoms with Gasteiger partial charge in [-0.05, 0) is 5.92 Å². The predicted molar refractivity (Wildman–Crippen MR) is 79.0 cm³/mol. The molecule has 0 spiro atoms. The summed E-state index contributed by atoms with van der Waals surface area (Å²) in [7, 11) is 4.04. The monoisotopic (exact) mass is 285 g/mol. The van der Waals surface area contributed by atoms with Crippen LogP contribution in [-0.4, -0.2) is 58.7 Å². The quantitative estimate of drug-likeness (QED) is 0.567. The fourth-order valence-electron chi connectivity index (χ4n) is 2.21. The highest BCUT2D eigenvalue weighted by molar-refractivity contribution is 8.26. The molecule has 0 bridgehead atoms. The van der Waals surface area contributed by atoms with E-state index in [0.717, 1.165) is 23.8 Å². The molecule has 18 heavy (non-hydrogen) atoms. The molecule has 2 saturated heterocycles. The minimum absolute atomic E-state index is 0.0642. The number of rotatable bonds is 2. The second kappa shape index (κ2) is 5.09. The van der Waals surface area contributed by atoms with E-state index in [4.69, 9.17) is 12.2 Å². The lowest BCUT2D eigenvalue weighted by atomic mass is 10.2. The number of nitrogens with zero attached hydrogens (tertiary/aromatic N) is 3. The van der Waals surface area contributed by atoms with E-state index in [1.807, 2.05) is 14.1 Å². The van der Waals surface area contributed by atoms with Gasteiger partial charge in [0, 0.05) is 33.7 Å². The van der Waals surface area contributed by atoms with E-state index < -0.39 is 0 Å². The van der Waals surface area contributed by atoms with Crippen LogP contribution in [0.1, 0.15) is 13.8 Å². The van der Waals surface area contributed by atoms with Gasteiger partial charge in [-0.15, -0.1) is 0 Å². The minimum Gasteiger partial charge on any atom is -0.358 e. The number of likely N-dealkylation sites (N-methyl/N-ethyl adjacent to an activating group) is 2. The lowest BCUT2D eigenvalue weighted by Gasteiger charge is -2.20. The normalized spacial score (nSPS) is 21.1. The molecule has 2 rings (SSSR count). The molecule has 0 saturated carbocycles. The van der Waals surface area contributed by atoms with Gasteiger partial charge in [-0.1, -0.05) is 37.8 Å². The van der Waals surface area contributed by atoms with E-state index in [9.17, 15) is 4.79 Å². The van der Waals surface area contributed by atoms with E-state index in [2.05, 4.69) is 23.6 Å². The van der Waals surface area contributed by atoms with E-state index in [1.165, 1.54) is 11.8 Å². The van der Waals surface area contributed by atoms with Crippen LogP contribution in [-0.2, 0) is 4.79 Å². The van der Waals surface area contributed by atoms with Crippen LogP contribution >= 0.6 is 24.0 Å². The molecule has 0 unspecified atom stereocenters. The highest BCUT2D eigenvalue weighted by atomic mass is 32.2. The first kappa shape index (κ1) is 13.7. The molecule has 1 amide bonds. The zero-order valence-corrected chi connectivity index (χ0v) is 12.9. The first-order valence-electron chi connectivity index (χ1n) is 6.12. The van der Waals surface area contributed by atoms with Crippen molar-refractivity contribution >= 4 is 34.2 Å². The summed E-state index contributed by atoms with van der Waals surface area (Å²) < 4.78 is 0.685. The van der Waals surface area contributed by atoms with Crippen molar-refractivity contribution in [3.05, 3.63) is 10.7 Å². The minimum atomic E-state index is 0.0642. The average molecular weight is 285 g/mol. The molecule has 2 aliphatic rings. The zero-order valence-electron chi connectivity index (χ0n) is 11.3. The van der Waals surface area contributed by atoms with Crippen molar-refractivity contribution in [2.45, 2.75) is 13.8 Å². The maximum atomic E-state index is 12.4. The van der Waals surface area contributed by atoms with E-state index in [-0.39, 0.29) is 5.91 Å². The van der Waals surface area contributed by atoms with Gasteiger partial charge in [-0.3, -0.25) is 9.69 Å². The average Bonchev–Trinajstić information content (AvgIpc) is 2.73. The number of thioether (sulfide) groups is 1. The number of hydrogen-bond acceptors (Lipinski definition) is 5. The van der Waals surface area contributed by atoms with E-state index in [0.29, 0.717) is 16.8 Å². The SMILES string of the molecule is CC(C)CN1C(=O)C(=C2N(C)CCN2C)SC1=S.